The first-order valence-corrected chi connectivity index (χ1v) is 6.45. The molecule has 0 spiro atoms. The highest BCUT2D eigenvalue weighted by atomic mass is 35.5. The van der Waals surface area contributed by atoms with Crippen molar-refractivity contribution in [3.63, 3.8) is 0 Å². The molecular formula is C14H21ClN2O2. The van der Waals surface area contributed by atoms with Gasteiger partial charge < -0.3 is 15.4 Å². The van der Waals surface area contributed by atoms with Crippen LogP contribution in [-0.2, 0) is 4.79 Å². The molecule has 0 saturated carbocycles. The molecule has 2 N–H and O–H groups in total. The minimum absolute atomic E-state index is 0. The van der Waals surface area contributed by atoms with Gasteiger partial charge in [-0.1, -0.05) is 6.07 Å². The molecule has 1 heterocycles. The maximum absolute atomic E-state index is 11.0. The lowest BCUT2D eigenvalue weighted by molar-refractivity contribution is -0.114. The third kappa shape index (κ3) is 5.49. The van der Waals surface area contributed by atoms with Gasteiger partial charge in [0.05, 0.1) is 6.61 Å². The second-order valence-electron chi connectivity index (χ2n) is 4.71. The van der Waals surface area contributed by atoms with E-state index in [-0.39, 0.29) is 18.3 Å². The van der Waals surface area contributed by atoms with Crippen LogP contribution in [0.2, 0.25) is 0 Å². The monoisotopic (exact) mass is 284 g/mol. The quantitative estimate of drug-likeness (QED) is 0.893. The summed E-state index contributed by atoms with van der Waals surface area (Å²) in [7, 11) is 0. The maximum Gasteiger partial charge on any atom is 0.221 e. The first-order chi connectivity index (χ1) is 8.74. The van der Waals surface area contributed by atoms with Gasteiger partial charge in [0.15, 0.2) is 0 Å². The average Bonchev–Trinajstić information content (AvgIpc) is 2.37. The van der Waals surface area contributed by atoms with Crippen LogP contribution in [0.15, 0.2) is 24.3 Å². The fourth-order valence-electron chi connectivity index (χ4n) is 2.13. The van der Waals surface area contributed by atoms with Crippen LogP contribution < -0.4 is 15.4 Å². The fraction of sp³-hybridized carbons (Fsp3) is 0.500. The summed E-state index contributed by atoms with van der Waals surface area (Å²) in [5.41, 5.74) is 0.783. The van der Waals surface area contributed by atoms with E-state index >= 15 is 0 Å². The Balaban J connectivity index is 0.00000180. The third-order valence-corrected chi connectivity index (χ3v) is 3.10. The molecule has 5 heteroatoms. The van der Waals surface area contributed by atoms with Crippen LogP contribution in [-0.4, -0.2) is 25.6 Å². The topological polar surface area (TPSA) is 50.4 Å². The number of hydrogen-bond acceptors (Lipinski definition) is 3. The van der Waals surface area contributed by atoms with Crippen molar-refractivity contribution in [2.45, 2.75) is 19.8 Å². The van der Waals surface area contributed by atoms with Gasteiger partial charge >= 0.3 is 0 Å². The molecule has 1 saturated heterocycles. The van der Waals surface area contributed by atoms with Crippen LogP contribution in [0, 0.1) is 5.92 Å². The Labute approximate surface area is 120 Å². The Morgan fingerprint density at radius 1 is 1.42 bits per heavy atom. The number of rotatable bonds is 4. The van der Waals surface area contributed by atoms with E-state index in [4.69, 9.17) is 4.74 Å². The van der Waals surface area contributed by atoms with E-state index in [9.17, 15) is 4.79 Å². The second kappa shape index (κ2) is 8.02. The van der Waals surface area contributed by atoms with Crippen LogP contribution in [0.4, 0.5) is 5.69 Å². The zero-order valence-corrected chi connectivity index (χ0v) is 12.0. The van der Waals surface area contributed by atoms with Gasteiger partial charge in [-0.2, -0.15) is 0 Å². The lowest BCUT2D eigenvalue weighted by Gasteiger charge is -2.22. The zero-order valence-electron chi connectivity index (χ0n) is 11.1. The summed E-state index contributed by atoms with van der Waals surface area (Å²) in [4.78, 5) is 11.0. The molecule has 2 rings (SSSR count). The number of hydrogen-bond donors (Lipinski definition) is 2. The van der Waals surface area contributed by atoms with Crippen molar-refractivity contribution in [2.24, 2.45) is 5.92 Å². The summed E-state index contributed by atoms with van der Waals surface area (Å²) < 4.78 is 5.79. The normalized spacial score (nSPS) is 15.4. The number of carbonyl (C=O) groups excluding carboxylic acids is 1. The summed E-state index contributed by atoms with van der Waals surface area (Å²) in [6.45, 7) is 4.42. The molecule has 1 fully saturated rings. The molecule has 0 atom stereocenters. The van der Waals surface area contributed by atoms with E-state index in [1.807, 2.05) is 24.3 Å². The number of piperidine rings is 1. The van der Waals surface area contributed by atoms with Crippen LogP contribution in [0.5, 0.6) is 5.75 Å². The molecule has 0 aromatic heterocycles. The molecule has 4 nitrogen and oxygen atoms in total. The summed E-state index contributed by atoms with van der Waals surface area (Å²) in [5.74, 6) is 1.39. The fourth-order valence-corrected chi connectivity index (χ4v) is 2.13. The van der Waals surface area contributed by atoms with Crippen LogP contribution in [0.25, 0.3) is 0 Å². The molecule has 1 aromatic carbocycles. The highest BCUT2D eigenvalue weighted by Crippen LogP contribution is 2.19. The molecule has 1 aliphatic rings. The van der Waals surface area contributed by atoms with Gasteiger partial charge in [-0.05, 0) is 44.0 Å². The molecule has 0 bridgehead atoms. The van der Waals surface area contributed by atoms with Crippen molar-refractivity contribution in [3.05, 3.63) is 24.3 Å². The van der Waals surface area contributed by atoms with E-state index in [0.29, 0.717) is 5.92 Å². The number of nitrogens with one attached hydrogen (secondary N) is 2. The summed E-state index contributed by atoms with van der Waals surface area (Å²) >= 11 is 0. The Morgan fingerprint density at radius 2 is 2.16 bits per heavy atom. The molecular weight excluding hydrogens is 264 g/mol. The van der Waals surface area contributed by atoms with E-state index in [2.05, 4.69) is 10.6 Å². The summed E-state index contributed by atoms with van der Waals surface area (Å²) in [6.07, 6.45) is 2.34. The van der Waals surface area contributed by atoms with Crippen molar-refractivity contribution in [1.82, 2.24) is 5.32 Å². The van der Waals surface area contributed by atoms with Crippen LogP contribution >= 0.6 is 12.4 Å². The molecule has 1 aromatic rings. The number of amides is 1. The average molecular weight is 285 g/mol. The van der Waals surface area contributed by atoms with Gasteiger partial charge in [0.1, 0.15) is 5.75 Å². The molecule has 19 heavy (non-hydrogen) atoms. The first-order valence-electron chi connectivity index (χ1n) is 6.45. The predicted octanol–water partition coefficient (Wildman–Crippen LogP) is 2.45. The van der Waals surface area contributed by atoms with Gasteiger partial charge in [0.25, 0.3) is 0 Å². The Bertz CT molecular complexity index is 406. The molecule has 0 unspecified atom stereocenters. The maximum atomic E-state index is 11.0. The standard InChI is InChI=1S/C14H20N2O2.ClH/c1-11(17)16-13-3-2-4-14(9-13)18-10-12-5-7-15-8-6-12;/h2-4,9,12,15H,5-8,10H2,1H3,(H,16,17);1H. The number of carbonyl (C=O) groups is 1. The number of halogens is 1. The Morgan fingerprint density at radius 3 is 2.84 bits per heavy atom. The van der Waals surface area contributed by atoms with Crippen LogP contribution in [0.1, 0.15) is 19.8 Å². The van der Waals surface area contributed by atoms with Gasteiger partial charge in [-0.25, -0.2) is 0 Å². The van der Waals surface area contributed by atoms with Crippen molar-refractivity contribution < 1.29 is 9.53 Å². The third-order valence-electron chi connectivity index (χ3n) is 3.10. The van der Waals surface area contributed by atoms with E-state index in [1.54, 1.807) is 0 Å². The predicted molar refractivity (Wildman–Crippen MR) is 79.1 cm³/mol. The number of ether oxygens (including phenoxy) is 1. The van der Waals surface area contributed by atoms with Crippen molar-refractivity contribution in [3.8, 4) is 5.75 Å². The lowest BCUT2D eigenvalue weighted by Crippen LogP contribution is -2.30. The van der Waals surface area contributed by atoms with Crippen molar-refractivity contribution >= 4 is 24.0 Å². The summed E-state index contributed by atoms with van der Waals surface area (Å²) in [6, 6.07) is 7.54. The van der Waals surface area contributed by atoms with Crippen LogP contribution in [0.3, 0.4) is 0 Å². The van der Waals surface area contributed by atoms with E-state index < -0.39 is 0 Å². The van der Waals surface area contributed by atoms with Gasteiger partial charge in [-0.3, -0.25) is 4.79 Å². The number of benzene rings is 1. The van der Waals surface area contributed by atoms with Gasteiger partial charge in [0.2, 0.25) is 5.91 Å². The molecule has 106 valence electrons. The molecule has 0 radical (unpaired) electrons. The van der Waals surface area contributed by atoms with Gasteiger partial charge in [0, 0.05) is 18.7 Å². The molecule has 1 amide bonds. The Kier molecular flexibility index (Phi) is 6.67. The minimum Gasteiger partial charge on any atom is -0.493 e. The SMILES string of the molecule is CC(=O)Nc1cccc(OCC2CCNCC2)c1.Cl. The van der Waals surface area contributed by atoms with E-state index in [1.165, 1.54) is 19.8 Å². The largest absolute Gasteiger partial charge is 0.493 e. The van der Waals surface area contributed by atoms with Gasteiger partial charge in [-0.15, -0.1) is 12.4 Å². The Hall–Kier alpha value is -1.26. The molecule has 1 aliphatic heterocycles. The number of anilines is 1. The van der Waals surface area contributed by atoms with E-state index in [0.717, 1.165) is 31.1 Å². The highest BCUT2D eigenvalue weighted by molar-refractivity contribution is 5.88. The summed E-state index contributed by atoms with van der Waals surface area (Å²) in [5, 5.41) is 6.09. The minimum atomic E-state index is -0.0643. The van der Waals surface area contributed by atoms with Crippen molar-refractivity contribution in [1.29, 1.82) is 0 Å². The second-order valence-corrected chi connectivity index (χ2v) is 4.71. The highest BCUT2D eigenvalue weighted by Gasteiger charge is 2.13. The smallest absolute Gasteiger partial charge is 0.221 e. The van der Waals surface area contributed by atoms with Crippen molar-refractivity contribution in [2.75, 3.05) is 25.0 Å². The lowest BCUT2D eigenvalue weighted by atomic mass is 9.99. The first kappa shape index (κ1) is 15.8. The zero-order chi connectivity index (χ0) is 12.8. The molecule has 0 aliphatic carbocycles.